The summed E-state index contributed by atoms with van der Waals surface area (Å²) in [7, 11) is 2.18. The molecule has 1 aromatic heterocycles. The molecule has 0 bridgehead atoms. The molecule has 9 nitrogen and oxygen atoms in total. The summed E-state index contributed by atoms with van der Waals surface area (Å²) in [6.07, 6.45) is 7.60. The molecule has 0 aromatic carbocycles. The average molecular weight is 414 g/mol. The minimum atomic E-state index is -0.852. The minimum Gasteiger partial charge on any atom is -0.353 e. The lowest BCUT2D eigenvalue weighted by atomic mass is 9.84. The van der Waals surface area contributed by atoms with Crippen molar-refractivity contribution < 1.29 is 0 Å². The molecule has 1 aromatic rings. The highest BCUT2D eigenvalue weighted by Crippen LogP contribution is 2.31. The maximum atomic E-state index is 6.80. The summed E-state index contributed by atoms with van der Waals surface area (Å²) in [6, 6.07) is 5.75. The van der Waals surface area contributed by atoms with Crippen molar-refractivity contribution in [3.8, 4) is 0 Å². The lowest BCUT2D eigenvalue weighted by molar-refractivity contribution is 0.156. The van der Waals surface area contributed by atoms with Crippen LogP contribution in [0.15, 0.2) is 34.4 Å². The van der Waals surface area contributed by atoms with Crippen LogP contribution in [0, 0.1) is 5.92 Å². The Balaban J connectivity index is 1.43. The Bertz CT molecular complexity index is 736. The Morgan fingerprint density at radius 2 is 1.97 bits per heavy atom. The molecule has 3 heterocycles. The normalized spacial score (nSPS) is 26.5. The van der Waals surface area contributed by atoms with Gasteiger partial charge >= 0.3 is 0 Å². The summed E-state index contributed by atoms with van der Waals surface area (Å²) in [6.45, 7) is 6.21. The van der Waals surface area contributed by atoms with Crippen LogP contribution in [0.5, 0.6) is 0 Å². The molecule has 1 atom stereocenters. The highest BCUT2D eigenvalue weighted by Gasteiger charge is 2.39. The van der Waals surface area contributed by atoms with E-state index in [1.54, 1.807) is 6.20 Å². The number of rotatable bonds is 5. The molecule has 1 unspecified atom stereocenters. The first-order valence-corrected chi connectivity index (χ1v) is 11.2. The lowest BCUT2D eigenvalue weighted by Gasteiger charge is -2.40. The van der Waals surface area contributed by atoms with Crippen molar-refractivity contribution in [2.75, 3.05) is 51.6 Å². The van der Waals surface area contributed by atoms with Gasteiger partial charge in [0.15, 0.2) is 5.79 Å². The molecule has 5 N–H and O–H groups in total. The second-order valence-electron chi connectivity index (χ2n) is 8.59. The summed E-state index contributed by atoms with van der Waals surface area (Å²) < 4.78 is 0. The van der Waals surface area contributed by atoms with Gasteiger partial charge in [0, 0.05) is 51.4 Å². The van der Waals surface area contributed by atoms with Crippen LogP contribution in [0.4, 0.5) is 5.82 Å². The summed E-state index contributed by atoms with van der Waals surface area (Å²) in [5.74, 6) is 1.36. The van der Waals surface area contributed by atoms with E-state index < -0.39 is 5.79 Å². The summed E-state index contributed by atoms with van der Waals surface area (Å²) in [5.41, 5.74) is 6.80. The molecule has 9 heteroatoms. The van der Waals surface area contributed by atoms with Gasteiger partial charge in [-0.25, -0.2) is 9.98 Å². The number of likely N-dealkylation sites (N-methyl/N-ethyl adjacent to an activating group) is 1. The van der Waals surface area contributed by atoms with Crippen molar-refractivity contribution >= 4 is 17.7 Å². The van der Waals surface area contributed by atoms with Crippen molar-refractivity contribution in [2.45, 2.75) is 37.9 Å². The SMILES string of the molecule is CN1CCN(CCNC2=NC(N)(C3CCCCC3)NC(Nc3ccccn3)=N2)CC1. The molecule has 0 amide bonds. The van der Waals surface area contributed by atoms with Gasteiger partial charge in [0.25, 0.3) is 0 Å². The van der Waals surface area contributed by atoms with E-state index in [-0.39, 0.29) is 5.92 Å². The van der Waals surface area contributed by atoms with E-state index in [2.05, 4.69) is 42.8 Å². The number of nitrogens with zero attached hydrogens (tertiary/aromatic N) is 5. The van der Waals surface area contributed by atoms with Gasteiger partial charge in [-0.3, -0.25) is 10.6 Å². The second kappa shape index (κ2) is 9.72. The first-order valence-electron chi connectivity index (χ1n) is 11.2. The van der Waals surface area contributed by atoms with E-state index in [1.165, 1.54) is 19.3 Å². The maximum Gasteiger partial charge on any atom is 0.224 e. The number of pyridine rings is 1. The van der Waals surface area contributed by atoms with Crippen LogP contribution in [0.3, 0.4) is 0 Å². The number of aliphatic imine (C=N–C) groups is 2. The fourth-order valence-electron chi connectivity index (χ4n) is 4.38. The van der Waals surface area contributed by atoms with Gasteiger partial charge in [0.05, 0.1) is 0 Å². The molecule has 30 heavy (non-hydrogen) atoms. The topological polar surface area (TPSA) is 106 Å². The second-order valence-corrected chi connectivity index (χ2v) is 8.59. The van der Waals surface area contributed by atoms with Crippen molar-refractivity contribution in [2.24, 2.45) is 21.6 Å². The highest BCUT2D eigenvalue weighted by atomic mass is 15.4. The third-order valence-electron chi connectivity index (χ3n) is 6.27. The van der Waals surface area contributed by atoms with Crippen LogP contribution < -0.4 is 21.7 Å². The van der Waals surface area contributed by atoms with E-state index in [0.717, 1.165) is 57.9 Å². The summed E-state index contributed by atoms with van der Waals surface area (Å²) in [5, 5.41) is 10.0. The van der Waals surface area contributed by atoms with Gasteiger partial charge in [0.1, 0.15) is 5.82 Å². The van der Waals surface area contributed by atoms with Crippen molar-refractivity contribution in [3.05, 3.63) is 24.4 Å². The first-order chi connectivity index (χ1) is 14.6. The molecule has 1 saturated carbocycles. The number of aromatic nitrogens is 1. The molecule has 3 aliphatic rings. The van der Waals surface area contributed by atoms with Gasteiger partial charge in [-0.1, -0.05) is 25.3 Å². The minimum absolute atomic E-state index is 0.289. The number of nitrogens with one attached hydrogen (secondary N) is 3. The molecule has 0 spiro atoms. The molecule has 2 fully saturated rings. The zero-order valence-corrected chi connectivity index (χ0v) is 18.0. The van der Waals surface area contributed by atoms with E-state index in [1.807, 2.05) is 18.2 Å². The van der Waals surface area contributed by atoms with Crippen molar-refractivity contribution in [1.29, 1.82) is 0 Å². The average Bonchev–Trinajstić information content (AvgIpc) is 2.76. The lowest BCUT2D eigenvalue weighted by Crippen LogP contribution is -2.64. The Morgan fingerprint density at radius 1 is 1.17 bits per heavy atom. The zero-order chi connectivity index (χ0) is 20.8. The molecule has 1 aliphatic carbocycles. The fraction of sp³-hybridized carbons (Fsp3) is 0.667. The molecule has 2 aliphatic heterocycles. The van der Waals surface area contributed by atoms with Gasteiger partial charge in [0.2, 0.25) is 11.9 Å². The van der Waals surface area contributed by atoms with Gasteiger partial charge in [-0.05, 0) is 32.0 Å². The third kappa shape index (κ3) is 5.47. The van der Waals surface area contributed by atoms with Crippen LogP contribution in [0.1, 0.15) is 32.1 Å². The van der Waals surface area contributed by atoms with E-state index in [4.69, 9.17) is 10.7 Å². The van der Waals surface area contributed by atoms with Crippen LogP contribution in [-0.4, -0.2) is 78.8 Å². The standard InChI is InChI=1S/C21H35N9/c1-29-13-15-30(16-14-29)12-11-24-19-26-20(25-18-9-5-6-10-23-18)28-21(22,27-19)17-7-3-2-4-8-17/h5-6,9-10,17H,2-4,7-8,11-16,22H2,1H3,(H3,23,24,25,26,27,28). The Morgan fingerprint density at radius 3 is 2.70 bits per heavy atom. The van der Waals surface area contributed by atoms with Gasteiger partial charge < -0.3 is 20.9 Å². The van der Waals surface area contributed by atoms with Gasteiger partial charge in [-0.15, -0.1) is 0 Å². The molecule has 4 rings (SSSR count). The quantitative estimate of drug-likeness (QED) is 0.567. The number of hydrogen-bond donors (Lipinski definition) is 4. The van der Waals surface area contributed by atoms with Crippen LogP contribution in [-0.2, 0) is 0 Å². The van der Waals surface area contributed by atoms with E-state index in [0.29, 0.717) is 11.9 Å². The number of guanidine groups is 2. The summed E-state index contributed by atoms with van der Waals surface area (Å²) in [4.78, 5) is 18.7. The van der Waals surface area contributed by atoms with E-state index in [9.17, 15) is 0 Å². The van der Waals surface area contributed by atoms with Crippen LogP contribution in [0.2, 0.25) is 0 Å². The van der Waals surface area contributed by atoms with Gasteiger partial charge in [-0.2, -0.15) is 4.99 Å². The van der Waals surface area contributed by atoms with Crippen molar-refractivity contribution in [1.82, 2.24) is 25.4 Å². The Labute approximate surface area is 179 Å². The number of nitrogens with two attached hydrogens (primary N) is 1. The fourth-order valence-corrected chi connectivity index (χ4v) is 4.38. The van der Waals surface area contributed by atoms with E-state index >= 15 is 0 Å². The molecule has 0 radical (unpaired) electrons. The Hall–Kier alpha value is -2.23. The number of piperazine rings is 1. The smallest absolute Gasteiger partial charge is 0.224 e. The molecule has 164 valence electrons. The molecule has 1 saturated heterocycles. The molecular formula is C21H35N9. The third-order valence-corrected chi connectivity index (χ3v) is 6.27. The monoisotopic (exact) mass is 413 g/mol. The van der Waals surface area contributed by atoms with Crippen molar-refractivity contribution in [3.63, 3.8) is 0 Å². The molecular weight excluding hydrogens is 378 g/mol. The van der Waals surface area contributed by atoms with Crippen LogP contribution >= 0.6 is 0 Å². The first kappa shape index (κ1) is 21.0. The number of hydrogen-bond acceptors (Lipinski definition) is 9. The zero-order valence-electron chi connectivity index (χ0n) is 18.0. The summed E-state index contributed by atoms with van der Waals surface area (Å²) >= 11 is 0. The highest BCUT2D eigenvalue weighted by molar-refractivity contribution is 6.03. The Kier molecular flexibility index (Phi) is 6.81. The largest absolute Gasteiger partial charge is 0.353 e. The number of anilines is 1. The predicted molar refractivity (Wildman–Crippen MR) is 121 cm³/mol. The maximum absolute atomic E-state index is 6.80. The predicted octanol–water partition coefficient (Wildman–Crippen LogP) is 0.839. The van der Waals surface area contributed by atoms with Crippen LogP contribution in [0.25, 0.3) is 0 Å².